The van der Waals surface area contributed by atoms with Crippen LogP contribution in [0.15, 0.2) is 83.9 Å². The molecule has 0 aliphatic carbocycles. The van der Waals surface area contributed by atoms with E-state index in [1.54, 1.807) is 54.7 Å². The fourth-order valence-corrected chi connectivity index (χ4v) is 5.44. The molecule has 5 rings (SSSR count). The van der Waals surface area contributed by atoms with Crippen LogP contribution in [-0.4, -0.2) is 34.7 Å². The predicted octanol–water partition coefficient (Wildman–Crippen LogP) is 6.15. The highest BCUT2D eigenvalue weighted by Crippen LogP contribution is 2.38. The molecule has 0 saturated heterocycles. The molecular formula is C28H23FN2O6S. The van der Waals surface area contributed by atoms with Gasteiger partial charge in [-0.15, -0.1) is 0 Å². The topological polar surface area (TPSA) is 96.0 Å². The van der Waals surface area contributed by atoms with Crippen LogP contribution in [0.2, 0.25) is 0 Å². The number of aromatic nitrogens is 1. The quantitative estimate of drug-likeness (QED) is 0.255. The predicted molar refractivity (Wildman–Crippen MR) is 143 cm³/mol. The maximum atomic E-state index is 15.1. The van der Waals surface area contributed by atoms with E-state index < -0.39 is 15.8 Å². The molecule has 1 aromatic heterocycles. The number of halogens is 1. The highest BCUT2D eigenvalue weighted by atomic mass is 32.2. The van der Waals surface area contributed by atoms with E-state index >= 15 is 4.39 Å². The number of hydrogen-bond acceptors (Lipinski definition) is 7. The van der Waals surface area contributed by atoms with Crippen molar-refractivity contribution < 1.29 is 31.8 Å². The summed E-state index contributed by atoms with van der Waals surface area (Å²) in [6, 6.07) is 18.9. The first-order valence-corrected chi connectivity index (χ1v) is 12.9. The summed E-state index contributed by atoms with van der Waals surface area (Å²) in [4.78, 5) is 4.33. The zero-order valence-corrected chi connectivity index (χ0v) is 21.5. The maximum absolute atomic E-state index is 15.1. The second-order valence-corrected chi connectivity index (χ2v) is 9.85. The summed E-state index contributed by atoms with van der Waals surface area (Å²) in [5.41, 5.74) is 0.375. The van der Waals surface area contributed by atoms with Crippen molar-refractivity contribution in [2.75, 3.05) is 26.1 Å². The molecule has 0 radical (unpaired) electrons. The van der Waals surface area contributed by atoms with Gasteiger partial charge in [0.1, 0.15) is 17.2 Å². The second-order valence-electron chi connectivity index (χ2n) is 8.19. The summed E-state index contributed by atoms with van der Waals surface area (Å²) in [5.74, 6) is 1.31. The Labute approximate surface area is 218 Å². The first kappa shape index (κ1) is 25.1. The lowest BCUT2D eigenvalue weighted by Gasteiger charge is -2.14. The largest absolute Gasteiger partial charge is 0.496 e. The molecule has 0 bridgehead atoms. The highest BCUT2D eigenvalue weighted by molar-refractivity contribution is 7.93. The molecule has 10 heteroatoms. The van der Waals surface area contributed by atoms with Crippen LogP contribution in [0, 0.1) is 5.82 Å². The second kappa shape index (κ2) is 10.1. The third-order valence-electron chi connectivity index (χ3n) is 5.97. The summed E-state index contributed by atoms with van der Waals surface area (Å²) in [7, 11) is 0.432. The summed E-state index contributed by atoms with van der Waals surface area (Å²) in [5, 5.41) is 1.71. The van der Waals surface area contributed by atoms with Crippen molar-refractivity contribution >= 4 is 37.4 Å². The minimum Gasteiger partial charge on any atom is -0.496 e. The Morgan fingerprint density at radius 1 is 0.737 bits per heavy atom. The number of sulfonamides is 1. The minimum atomic E-state index is -4.12. The molecule has 0 spiro atoms. The Kier molecular flexibility index (Phi) is 6.64. The Morgan fingerprint density at radius 3 is 2.16 bits per heavy atom. The van der Waals surface area contributed by atoms with Gasteiger partial charge in [-0.2, -0.15) is 0 Å². The summed E-state index contributed by atoms with van der Waals surface area (Å²) >= 11 is 0. The fraction of sp³-hybridized carbons (Fsp3) is 0.107. The number of ether oxygens (including phenoxy) is 4. The number of benzene rings is 4. The van der Waals surface area contributed by atoms with Crippen LogP contribution in [0.1, 0.15) is 0 Å². The molecule has 4 aromatic carbocycles. The van der Waals surface area contributed by atoms with E-state index in [-0.39, 0.29) is 16.3 Å². The smallest absolute Gasteiger partial charge is 0.262 e. The average molecular weight is 535 g/mol. The van der Waals surface area contributed by atoms with Crippen LogP contribution >= 0.6 is 0 Å². The summed E-state index contributed by atoms with van der Waals surface area (Å²) in [6.07, 6.45) is 1.56. The molecule has 0 unspecified atom stereocenters. The van der Waals surface area contributed by atoms with Gasteiger partial charge in [0.05, 0.1) is 37.4 Å². The van der Waals surface area contributed by atoms with Gasteiger partial charge in [-0.05, 0) is 36.4 Å². The molecule has 0 saturated carbocycles. The fourth-order valence-electron chi connectivity index (χ4n) is 4.16. The van der Waals surface area contributed by atoms with Crippen molar-refractivity contribution in [2.45, 2.75) is 4.90 Å². The number of pyridine rings is 1. The van der Waals surface area contributed by atoms with Crippen molar-refractivity contribution in [1.29, 1.82) is 0 Å². The number of methoxy groups -OCH3 is 3. The Bertz CT molecular complexity index is 1780. The van der Waals surface area contributed by atoms with Gasteiger partial charge >= 0.3 is 0 Å². The lowest BCUT2D eigenvalue weighted by molar-refractivity contribution is 0.355. The highest BCUT2D eigenvalue weighted by Gasteiger charge is 2.21. The monoisotopic (exact) mass is 534 g/mol. The Balaban J connectivity index is 1.45. The van der Waals surface area contributed by atoms with Crippen molar-refractivity contribution in [2.24, 2.45) is 0 Å². The molecule has 0 amide bonds. The van der Waals surface area contributed by atoms with Crippen LogP contribution < -0.4 is 23.7 Å². The van der Waals surface area contributed by atoms with Gasteiger partial charge in [-0.3, -0.25) is 9.71 Å². The number of fused-ring (bicyclic) bond motifs is 2. The Hall–Kier alpha value is -4.57. The summed E-state index contributed by atoms with van der Waals surface area (Å²) in [6.45, 7) is 0. The van der Waals surface area contributed by atoms with Crippen LogP contribution in [-0.2, 0) is 10.0 Å². The molecule has 1 N–H and O–H groups in total. The van der Waals surface area contributed by atoms with Gasteiger partial charge in [0.2, 0.25) is 0 Å². The van der Waals surface area contributed by atoms with Crippen molar-refractivity contribution in [3.63, 3.8) is 0 Å². The van der Waals surface area contributed by atoms with Crippen LogP contribution in [0.25, 0.3) is 21.7 Å². The zero-order valence-electron chi connectivity index (χ0n) is 20.7. The first-order chi connectivity index (χ1) is 18.3. The van der Waals surface area contributed by atoms with Crippen LogP contribution in [0.4, 0.5) is 10.1 Å². The number of nitrogens with zero attached hydrogens (tertiary/aromatic N) is 1. The molecule has 0 fully saturated rings. The van der Waals surface area contributed by atoms with Gasteiger partial charge in [-0.1, -0.05) is 24.3 Å². The van der Waals surface area contributed by atoms with Crippen molar-refractivity contribution in [1.82, 2.24) is 4.98 Å². The number of anilines is 1. The van der Waals surface area contributed by atoms with E-state index in [0.717, 1.165) is 6.07 Å². The van der Waals surface area contributed by atoms with Gasteiger partial charge in [0.15, 0.2) is 17.3 Å². The standard InChI is InChI=1S/C28H23FN2O6S/c1-34-24-10-11-28(19-7-5-4-6-18(19)24)38(32,33)31-22-9-8-17(14-21(22)29)37-25-12-13-30-23-16-27(36-3)26(35-2)15-20(23)25/h4-16,31H,1-3H3. The number of hydrogen-bond donors (Lipinski definition) is 1. The number of nitrogens with one attached hydrogen (secondary N) is 1. The maximum Gasteiger partial charge on any atom is 0.262 e. The summed E-state index contributed by atoms with van der Waals surface area (Å²) < 4.78 is 65.8. The van der Waals surface area contributed by atoms with E-state index in [1.807, 2.05) is 0 Å². The molecule has 1 heterocycles. The molecule has 0 atom stereocenters. The van der Waals surface area contributed by atoms with Crippen LogP contribution in [0.3, 0.4) is 0 Å². The van der Waals surface area contributed by atoms with E-state index in [1.165, 1.54) is 39.5 Å². The normalized spacial score (nSPS) is 11.4. The van der Waals surface area contributed by atoms with Crippen molar-refractivity contribution in [3.05, 3.63) is 84.8 Å². The molecule has 0 aliphatic heterocycles. The van der Waals surface area contributed by atoms with Crippen molar-refractivity contribution in [3.8, 4) is 28.7 Å². The van der Waals surface area contributed by atoms with E-state index in [2.05, 4.69) is 9.71 Å². The molecular weight excluding hydrogens is 511 g/mol. The average Bonchev–Trinajstić information content (AvgIpc) is 2.93. The van der Waals surface area contributed by atoms with Gasteiger partial charge in [0, 0.05) is 34.5 Å². The van der Waals surface area contributed by atoms with Crippen LogP contribution in [0.5, 0.6) is 28.7 Å². The van der Waals surface area contributed by atoms with Gasteiger partial charge < -0.3 is 18.9 Å². The minimum absolute atomic E-state index is 0.00116. The number of rotatable bonds is 8. The lowest BCUT2D eigenvalue weighted by atomic mass is 10.1. The van der Waals surface area contributed by atoms with E-state index in [9.17, 15) is 8.42 Å². The first-order valence-electron chi connectivity index (χ1n) is 11.4. The molecule has 38 heavy (non-hydrogen) atoms. The SMILES string of the molecule is COc1cc2nccc(Oc3ccc(NS(=O)(=O)c4ccc(OC)c5ccccc45)c(F)c3)c2cc1OC. The lowest BCUT2D eigenvalue weighted by Crippen LogP contribution is -2.14. The van der Waals surface area contributed by atoms with Gasteiger partial charge in [-0.25, -0.2) is 12.8 Å². The van der Waals surface area contributed by atoms with Gasteiger partial charge in [0.25, 0.3) is 10.0 Å². The molecule has 5 aromatic rings. The molecule has 194 valence electrons. The molecule has 8 nitrogen and oxygen atoms in total. The van der Waals surface area contributed by atoms with E-state index in [4.69, 9.17) is 18.9 Å². The Morgan fingerprint density at radius 2 is 1.45 bits per heavy atom. The third-order valence-corrected chi connectivity index (χ3v) is 7.40. The molecule has 0 aliphatic rings. The van der Waals surface area contributed by atoms with E-state index in [0.29, 0.717) is 44.7 Å². The third kappa shape index (κ3) is 4.61. The zero-order chi connectivity index (χ0) is 26.9.